The Hall–Kier alpha value is -2.18. The summed E-state index contributed by atoms with van der Waals surface area (Å²) < 4.78 is 2.12. The first-order valence-corrected chi connectivity index (χ1v) is 9.89. The largest absolute Gasteiger partial charge is 0.392 e. The van der Waals surface area contributed by atoms with Gasteiger partial charge in [-0.25, -0.2) is 15.0 Å². The van der Waals surface area contributed by atoms with Crippen LogP contribution in [0.2, 0.25) is 5.02 Å². The van der Waals surface area contributed by atoms with Gasteiger partial charge in [0.2, 0.25) is 5.95 Å². The van der Waals surface area contributed by atoms with Gasteiger partial charge in [0.25, 0.3) is 0 Å². The smallest absolute Gasteiger partial charge is 0.203 e. The Morgan fingerprint density at radius 3 is 2.52 bits per heavy atom. The number of hydrogen-bond donors (Lipinski definition) is 2. The molecule has 142 valence electrons. The molecule has 4 rings (SSSR count). The van der Waals surface area contributed by atoms with E-state index in [1.54, 1.807) is 0 Å². The standard InChI is InChI=1S/C20H24ClN5O/c1-4-14-16(15(5-2)24-11(3)23-14)13-9-12(10-27)19-18(17(13)21)25-20-22-7-6-8-26(19)20/h9,27H,4-8,10H2,1-3H3,(H,22,25). The van der Waals surface area contributed by atoms with Crippen molar-refractivity contribution >= 4 is 28.6 Å². The van der Waals surface area contributed by atoms with Crippen molar-refractivity contribution in [3.05, 3.63) is 33.9 Å². The van der Waals surface area contributed by atoms with E-state index in [4.69, 9.17) is 16.6 Å². The van der Waals surface area contributed by atoms with Crippen LogP contribution in [0.3, 0.4) is 0 Å². The van der Waals surface area contributed by atoms with Gasteiger partial charge in [0, 0.05) is 29.8 Å². The lowest BCUT2D eigenvalue weighted by Gasteiger charge is -2.18. The van der Waals surface area contributed by atoms with Crippen molar-refractivity contribution < 1.29 is 5.11 Å². The highest BCUT2D eigenvalue weighted by molar-refractivity contribution is 6.38. The van der Waals surface area contributed by atoms with Crippen LogP contribution in [0.25, 0.3) is 22.2 Å². The predicted molar refractivity (Wildman–Crippen MR) is 108 cm³/mol. The number of halogens is 1. The lowest BCUT2D eigenvalue weighted by molar-refractivity contribution is 0.283. The van der Waals surface area contributed by atoms with E-state index in [1.165, 1.54) is 0 Å². The Kier molecular flexibility index (Phi) is 4.78. The average Bonchev–Trinajstić information content (AvgIpc) is 3.08. The molecule has 27 heavy (non-hydrogen) atoms. The summed E-state index contributed by atoms with van der Waals surface area (Å²) >= 11 is 6.88. The summed E-state index contributed by atoms with van der Waals surface area (Å²) in [7, 11) is 0. The van der Waals surface area contributed by atoms with Crippen LogP contribution in [0, 0.1) is 6.92 Å². The fourth-order valence-electron chi connectivity index (χ4n) is 3.97. The van der Waals surface area contributed by atoms with Crippen LogP contribution in [0.5, 0.6) is 0 Å². The summed E-state index contributed by atoms with van der Waals surface area (Å²) in [5.74, 6) is 1.59. The summed E-state index contributed by atoms with van der Waals surface area (Å²) in [6.45, 7) is 7.79. The Morgan fingerprint density at radius 2 is 1.89 bits per heavy atom. The molecule has 1 aromatic carbocycles. The summed E-state index contributed by atoms with van der Waals surface area (Å²) in [6.07, 6.45) is 2.60. The zero-order valence-corrected chi connectivity index (χ0v) is 16.7. The molecule has 3 heterocycles. The summed E-state index contributed by atoms with van der Waals surface area (Å²) in [6, 6.07) is 1.99. The molecule has 7 heteroatoms. The van der Waals surface area contributed by atoms with E-state index in [9.17, 15) is 5.11 Å². The lowest BCUT2D eigenvalue weighted by Crippen LogP contribution is -2.17. The van der Waals surface area contributed by atoms with Gasteiger partial charge >= 0.3 is 0 Å². The molecule has 1 aliphatic heterocycles. The topological polar surface area (TPSA) is 75.9 Å². The molecule has 0 saturated carbocycles. The Balaban J connectivity index is 2.06. The number of aryl methyl sites for hydroxylation is 4. The quantitative estimate of drug-likeness (QED) is 0.712. The maximum Gasteiger partial charge on any atom is 0.203 e. The fourth-order valence-corrected chi connectivity index (χ4v) is 4.25. The van der Waals surface area contributed by atoms with Gasteiger partial charge < -0.3 is 15.0 Å². The van der Waals surface area contributed by atoms with Crippen molar-refractivity contribution in [2.24, 2.45) is 0 Å². The third-order valence-electron chi connectivity index (χ3n) is 5.16. The average molecular weight is 386 g/mol. The zero-order valence-electron chi connectivity index (χ0n) is 15.9. The molecule has 1 aliphatic rings. The van der Waals surface area contributed by atoms with Gasteiger partial charge in [-0.15, -0.1) is 0 Å². The van der Waals surface area contributed by atoms with Crippen LogP contribution in [-0.4, -0.2) is 31.2 Å². The highest BCUT2D eigenvalue weighted by Crippen LogP contribution is 2.40. The number of aliphatic hydroxyl groups excluding tert-OH is 1. The number of aromatic nitrogens is 4. The molecule has 2 N–H and O–H groups in total. The number of nitrogens with one attached hydrogen (secondary N) is 1. The predicted octanol–water partition coefficient (Wildman–Crippen LogP) is 3.89. The van der Waals surface area contributed by atoms with E-state index in [0.717, 1.165) is 83.2 Å². The minimum Gasteiger partial charge on any atom is -0.392 e. The van der Waals surface area contributed by atoms with Gasteiger partial charge in [0.15, 0.2) is 0 Å². The molecule has 0 amide bonds. The Morgan fingerprint density at radius 1 is 1.19 bits per heavy atom. The van der Waals surface area contributed by atoms with Crippen molar-refractivity contribution in [1.29, 1.82) is 0 Å². The third kappa shape index (κ3) is 2.87. The van der Waals surface area contributed by atoms with E-state index >= 15 is 0 Å². The summed E-state index contributed by atoms with van der Waals surface area (Å²) in [4.78, 5) is 14.0. The van der Waals surface area contributed by atoms with E-state index in [-0.39, 0.29) is 6.61 Å². The molecule has 0 saturated heterocycles. The van der Waals surface area contributed by atoms with Gasteiger partial charge in [-0.1, -0.05) is 25.4 Å². The normalized spacial score (nSPS) is 13.7. The number of nitrogens with zero attached hydrogens (tertiary/aromatic N) is 4. The molecule has 0 fully saturated rings. The van der Waals surface area contributed by atoms with E-state index < -0.39 is 0 Å². The molecule has 0 unspecified atom stereocenters. The van der Waals surface area contributed by atoms with Crippen molar-refractivity contribution in [2.75, 3.05) is 11.9 Å². The number of imidazole rings is 1. The third-order valence-corrected chi connectivity index (χ3v) is 5.54. The van der Waals surface area contributed by atoms with Gasteiger partial charge in [-0.3, -0.25) is 0 Å². The van der Waals surface area contributed by atoms with Crippen LogP contribution in [0.15, 0.2) is 6.07 Å². The molecule has 0 atom stereocenters. The van der Waals surface area contributed by atoms with Gasteiger partial charge in [-0.05, 0) is 32.3 Å². The number of hydrogen-bond acceptors (Lipinski definition) is 5. The van der Waals surface area contributed by atoms with Crippen LogP contribution in [0.4, 0.5) is 5.95 Å². The Bertz CT molecular complexity index is 1000. The molecular formula is C20H24ClN5O. The molecule has 0 aliphatic carbocycles. The molecule has 2 aromatic heterocycles. The van der Waals surface area contributed by atoms with Gasteiger partial charge in [0.05, 0.1) is 28.5 Å². The van der Waals surface area contributed by atoms with Crippen molar-refractivity contribution in [3.8, 4) is 11.1 Å². The monoisotopic (exact) mass is 385 g/mol. The Labute approximate surface area is 163 Å². The van der Waals surface area contributed by atoms with Crippen LogP contribution < -0.4 is 5.32 Å². The minimum atomic E-state index is -0.0680. The maximum absolute atomic E-state index is 10.1. The number of benzene rings is 1. The number of aliphatic hydroxyl groups is 1. The van der Waals surface area contributed by atoms with Gasteiger partial charge in [0.1, 0.15) is 11.3 Å². The molecule has 0 spiro atoms. The van der Waals surface area contributed by atoms with Gasteiger partial charge in [-0.2, -0.15) is 0 Å². The van der Waals surface area contributed by atoms with Crippen molar-refractivity contribution in [1.82, 2.24) is 19.5 Å². The van der Waals surface area contributed by atoms with Crippen LogP contribution in [0.1, 0.15) is 43.0 Å². The second kappa shape index (κ2) is 7.09. The molecule has 0 bridgehead atoms. The minimum absolute atomic E-state index is 0.0680. The van der Waals surface area contributed by atoms with E-state index in [2.05, 4.69) is 33.7 Å². The highest BCUT2D eigenvalue weighted by Gasteiger charge is 2.24. The molecular weight excluding hydrogens is 362 g/mol. The number of rotatable bonds is 4. The van der Waals surface area contributed by atoms with E-state index in [1.807, 2.05) is 13.0 Å². The first kappa shape index (κ1) is 18.2. The van der Waals surface area contributed by atoms with Crippen LogP contribution >= 0.6 is 11.6 Å². The lowest BCUT2D eigenvalue weighted by atomic mass is 9.96. The van der Waals surface area contributed by atoms with Crippen molar-refractivity contribution in [3.63, 3.8) is 0 Å². The SMILES string of the molecule is CCc1nc(C)nc(CC)c1-c1cc(CO)c2c(nc3n2CCCN3)c1Cl. The second-order valence-electron chi connectivity index (χ2n) is 6.87. The summed E-state index contributed by atoms with van der Waals surface area (Å²) in [5.41, 5.74) is 6.27. The zero-order chi connectivity index (χ0) is 19.1. The molecule has 0 radical (unpaired) electrons. The van der Waals surface area contributed by atoms with Crippen LogP contribution in [-0.2, 0) is 26.0 Å². The fraction of sp³-hybridized carbons (Fsp3) is 0.450. The molecule has 3 aromatic rings. The highest BCUT2D eigenvalue weighted by atomic mass is 35.5. The summed E-state index contributed by atoms with van der Waals surface area (Å²) in [5, 5.41) is 14.0. The first-order chi connectivity index (χ1) is 13.1. The van der Waals surface area contributed by atoms with Crippen molar-refractivity contribution in [2.45, 2.75) is 53.2 Å². The second-order valence-corrected chi connectivity index (χ2v) is 7.24. The number of anilines is 1. The van der Waals surface area contributed by atoms with E-state index in [0.29, 0.717) is 5.02 Å². The molecule has 6 nitrogen and oxygen atoms in total. The first-order valence-electron chi connectivity index (χ1n) is 9.52. The maximum atomic E-state index is 10.1. The number of fused-ring (bicyclic) bond motifs is 3.